The second kappa shape index (κ2) is 4.60. The van der Waals surface area contributed by atoms with Gasteiger partial charge in [-0.25, -0.2) is 0 Å². The molecular formula is C11H13BrO2. The molecule has 0 bridgehead atoms. The number of carbonyl (C=O) groups excluding carboxylic acids is 1. The molecule has 0 aromatic heterocycles. The molecule has 2 nitrogen and oxygen atoms in total. The standard InChI is InChI=1S/C11H13BrO2/c1-7-4-5-10(6-8(7)2)11(12)14-9(3)13/h4-6,11H,1-3H3. The maximum atomic E-state index is 10.7. The fourth-order valence-electron chi connectivity index (χ4n) is 1.12. The molecule has 0 spiro atoms. The van der Waals surface area contributed by atoms with Crippen LogP contribution < -0.4 is 0 Å². The summed E-state index contributed by atoms with van der Waals surface area (Å²) >= 11 is 3.30. The van der Waals surface area contributed by atoms with Crippen LogP contribution in [0.2, 0.25) is 0 Å². The third-order valence-corrected chi connectivity index (χ3v) is 2.78. The van der Waals surface area contributed by atoms with Crippen molar-refractivity contribution in [2.24, 2.45) is 0 Å². The van der Waals surface area contributed by atoms with Crippen molar-refractivity contribution in [3.8, 4) is 0 Å². The summed E-state index contributed by atoms with van der Waals surface area (Å²) in [4.78, 5) is 10.7. The predicted octanol–water partition coefficient (Wildman–Crippen LogP) is 3.26. The van der Waals surface area contributed by atoms with E-state index in [-0.39, 0.29) is 11.0 Å². The average Bonchev–Trinajstić information content (AvgIpc) is 2.08. The van der Waals surface area contributed by atoms with Crippen LogP contribution in [0.3, 0.4) is 0 Å². The van der Waals surface area contributed by atoms with Crippen LogP contribution in [0.15, 0.2) is 18.2 Å². The lowest BCUT2D eigenvalue weighted by atomic mass is 10.1. The van der Waals surface area contributed by atoms with Crippen molar-refractivity contribution in [3.63, 3.8) is 0 Å². The highest BCUT2D eigenvalue weighted by atomic mass is 79.9. The molecule has 0 aliphatic carbocycles. The molecule has 0 saturated heterocycles. The van der Waals surface area contributed by atoms with Gasteiger partial charge in [-0.15, -0.1) is 0 Å². The van der Waals surface area contributed by atoms with Gasteiger partial charge >= 0.3 is 5.97 Å². The molecular weight excluding hydrogens is 244 g/mol. The Morgan fingerprint density at radius 1 is 1.36 bits per heavy atom. The van der Waals surface area contributed by atoms with E-state index in [2.05, 4.69) is 15.9 Å². The highest BCUT2D eigenvalue weighted by molar-refractivity contribution is 9.09. The third kappa shape index (κ3) is 2.84. The van der Waals surface area contributed by atoms with Crippen molar-refractivity contribution in [3.05, 3.63) is 34.9 Å². The first-order valence-electron chi connectivity index (χ1n) is 4.39. The van der Waals surface area contributed by atoms with Gasteiger partial charge in [0.1, 0.15) is 0 Å². The van der Waals surface area contributed by atoms with Gasteiger partial charge in [-0.1, -0.05) is 18.2 Å². The Morgan fingerprint density at radius 2 is 2.00 bits per heavy atom. The van der Waals surface area contributed by atoms with E-state index in [9.17, 15) is 4.79 Å². The molecule has 14 heavy (non-hydrogen) atoms. The first kappa shape index (κ1) is 11.2. The zero-order chi connectivity index (χ0) is 10.7. The van der Waals surface area contributed by atoms with Gasteiger partial charge in [-0.05, 0) is 40.9 Å². The fourth-order valence-corrected chi connectivity index (χ4v) is 1.67. The van der Waals surface area contributed by atoms with Crippen LogP contribution in [0.1, 0.15) is 28.6 Å². The second-order valence-electron chi connectivity index (χ2n) is 3.27. The summed E-state index contributed by atoms with van der Waals surface area (Å²) in [6, 6.07) is 5.98. The van der Waals surface area contributed by atoms with E-state index < -0.39 is 0 Å². The van der Waals surface area contributed by atoms with Crippen LogP contribution >= 0.6 is 15.9 Å². The zero-order valence-corrected chi connectivity index (χ0v) is 10.1. The van der Waals surface area contributed by atoms with Gasteiger partial charge in [-0.3, -0.25) is 4.79 Å². The Morgan fingerprint density at radius 3 is 2.50 bits per heavy atom. The van der Waals surface area contributed by atoms with E-state index in [0.717, 1.165) is 5.56 Å². The van der Waals surface area contributed by atoms with Gasteiger partial charge in [0, 0.05) is 12.5 Å². The van der Waals surface area contributed by atoms with Crippen molar-refractivity contribution in [1.29, 1.82) is 0 Å². The smallest absolute Gasteiger partial charge is 0.304 e. The molecule has 0 aliphatic heterocycles. The Kier molecular flexibility index (Phi) is 3.69. The summed E-state index contributed by atoms with van der Waals surface area (Å²) in [5.74, 6) is -0.287. The first-order chi connectivity index (χ1) is 6.50. The number of ether oxygens (including phenoxy) is 1. The lowest BCUT2D eigenvalue weighted by molar-refractivity contribution is -0.142. The van der Waals surface area contributed by atoms with Crippen LogP contribution in [-0.4, -0.2) is 5.97 Å². The highest BCUT2D eigenvalue weighted by Gasteiger charge is 2.10. The van der Waals surface area contributed by atoms with Crippen molar-refractivity contribution >= 4 is 21.9 Å². The molecule has 0 aliphatic rings. The normalized spacial score (nSPS) is 12.3. The van der Waals surface area contributed by atoms with E-state index in [1.807, 2.05) is 32.0 Å². The van der Waals surface area contributed by atoms with Crippen LogP contribution in [0.25, 0.3) is 0 Å². The lowest BCUT2D eigenvalue weighted by Crippen LogP contribution is -2.02. The molecule has 1 rings (SSSR count). The Balaban J connectivity index is 2.85. The number of alkyl halides is 1. The van der Waals surface area contributed by atoms with Gasteiger partial charge in [-0.2, -0.15) is 0 Å². The van der Waals surface area contributed by atoms with E-state index in [0.29, 0.717) is 0 Å². The largest absolute Gasteiger partial charge is 0.446 e. The average molecular weight is 257 g/mol. The Bertz CT molecular complexity index is 347. The minimum absolute atomic E-state index is 0.287. The summed E-state index contributed by atoms with van der Waals surface area (Å²) < 4.78 is 5.01. The number of hydrogen-bond donors (Lipinski definition) is 0. The van der Waals surface area contributed by atoms with E-state index in [4.69, 9.17) is 4.74 Å². The zero-order valence-electron chi connectivity index (χ0n) is 8.50. The maximum Gasteiger partial charge on any atom is 0.304 e. The number of carbonyl (C=O) groups is 1. The summed E-state index contributed by atoms with van der Waals surface area (Å²) in [6.45, 7) is 5.48. The van der Waals surface area contributed by atoms with Crippen LogP contribution in [0, 0.1) is 13.8 Å². The minimum Gasteiger partial charge on any atom is -0.446 e. The minimum atomic E-state index is -0.348. The molecule has 1 atom stereocenters. The fraction of sp³-hybridized carbons (Fsp3) is 0.364. The van der Waals surface area contributed by atoms with Crippen LogP contribution in [0.4, 0.5) is 0 Å². The summed E-state index contributed by atoms with van der Waals surface area (Å²) in [5, 5.41) is -0.348. The molecule has 1 aromatic carbocycles. The second-order valence-corrected chi connectivity index (χ2v) is 4.10. The van der Waals surface area contributed by atoms with E-state index in [1.165, 1.54) is 18.1 Å². The topological polar surface area (TPSA) is 26.3 Å². The molecule has 0 fully saturated rings. The lowest BCUT2D eigenvalue weighted by Gasteiger charge is -2.11. The number of esters is 1. The van der Waals surface area contributed by atoms with Crippen molar-refractivity contribution in [1.82, 2.24) is 0 Å². The van der Waals surface area contributed by atoms with Gasteiger partial charge in [0.15, 0.2) is 5.01 Å². The van der Waals surface area contributed by atoms with Gasteiger partial charge in [0.2, 0.25) is 0 Å². The quantitative estimate of drug-likeness (QED) is 0.600. The predicted molar refractivity (Wildman–Crippen MR) is 59.4 cm³/mol. The van der Waals surface area contributed by atoms with Gasteiger partial charge < -0.3 is 4.74 Å². The molecule has 1 unspecified atom stereocenters. The summed E-state index contributed by atoms with van der Waals surface area (Å²) in [7, 11) is 0. The SMILES string of the molecule is CC(=O)OC(Br)c1ccc(C)c(C)c1. The van der Waals surface area contributed by atoms with Crippen LogP contribution in [-0.2, 0) is 9.53 Å². The highest BCUT2D eigenvalue weighted by Crippen LogP contribution is 2.25. The first-order valence-corrected chi connectivity index (χ1v) is 5.30. The van der Waals surface area contributed by atoms with Crippen molar-refractivity contribution < 1.29 is 9.53 Å². The number of rotatable bonds is 2. The molecule has 0 amide bonds. The number of hydrogen-bond acceptors (Lipinski definition) is 2. The molecule has 0 radical (unpaired) electrons. The Labute approximate surface area is 92.4 Å². The van der Waals surface area contributed by atoms with Gasteiger partial charge in [0.25, 0.3) is 0 Å². The molecule has 0 heterocycles. The summed E-state index contributed by atoms with van der Waals surface area (Å²) in [5.41, 5.74) is 3.39. The van der Waals surface area contributed by atoms with E-state index >= 15 is 0 Å². The van der Waals surface area contributed by atoms with Crippen molar-refractivity contribution in [2.45, 2.75) is 25.8 Å². The van der Waals surface area contributed by atoms with Gasteiger partial charge in [0.05, 0.1) is 0 Å². The number of aryl methyl sites for hydroxylation is 2. The van der Waals surface area contributed by atoms with Crippen molar-refractivity contribution in [2.75, 3.05) is 0 Å². The molecule has 0 N–H and O–H groups in total. The molecule has 0 saturated carbocycles. The monoisotopic (exact) mass is 256 g/mol. The van der Waals surface area contributed by atoms with E-state index in [1.54, 1.807) is 0 Å². The molecule has 3 heteroatoms. The molecule has 1 aromatic rings. The third-order valence-electron chi connectivity index (χ3n) is 2.06. The number of benzene rings is 1. The maximum absolute atomic E-state index is 10.7. The molecule has 76 valence electrons. The summed E-state index contributed by atoms with van der Waals surface area (Å²) in [6.07, 6.45) is 0. The Hall–Kier alpha value is -0.830. The number of halogens is 1. The van der Waals surface area contributed by atoms with Crippen LogP contribution in [0.5, 0.6) is 0 Å².